The van der Waals surface area contributed by atoms with Crippen molar-refractivity contribution in [2.75, 3.05) is 13.6 Å². The molecule has 0 saturated carbocycles. The fourth-order valence-corrected chi connectivity index (χ4v) is 0.366. The molecule has 0 saturated heterocycles. The highest BCUT2D eigenvalue weighted by Crippen LogP contribution is 1.91. The molecule has 0 fully saturated rings. The van der Waals surface area contributed by atoms with Gasteiger partial charge in [0.1, 0.15) is 6.17 Å². The summed E-state index contributed by atoms with van der Waals surface area (Å²) in [5, 5.41) is 2.74. The summed E-state index contributed by atoms with van der Waals surface area (Å²) < 4.78 is 12.1. The minimum Gasteiger partial charge on any atom is -0.317 e. The van der Waals surface area contributed by atoms with Gasteiger partial charge in [0.25, 0.3) is 0 Å². The zero-order valence-corrected chi connectivity index (χ0v) is 6.87. The van der Waals surface area contributed by atoms with Crippen LogP contribution in [0.4, 0.5) is 4.39 Å². The largest absolute Gasteiger partial charge is 0.317 e. The lowest BCUT2D eigenvalue weighted by atomic mass is 10.3. The highest BCUT2D eigenvalue weighted by molar-refractivity contribution is 4.52. The fraction of sp³-hybridized carbons (Fsp3) is 1.00. The van der Waals surface area contributed by atoms with Crippen molar-refractivity contribution in [2.45, 2.75) is 33.4 Å². The molecule has 2 heteroatoms. The standard InChI is InChI=1S/C5H12FN.C2H6/c1-3-5(6)4-7-2;1-2/h5,7H,3-4H2,1-2H3;1-2H3. The molecule has 0 rings (SSSR count). The van der Waals surface area contributed by atoms with E-state index >= 15 is 0 Å². The van der Waals surface area contributed by atoms with Gasteiger partial charge in [0, 0.05) is 6.54 Å². The molecule has 1 unspecified atom stereocenters. The van der Waals surface area contributed by atoms with E-state index in [1.807, 2.05) is 20.8 Å². The molecule has 0 amide bonds. The van der Waals surface area contributed by atoms with Gasteiger partial charge in [0.05, 0.1) is 0 Å². The van der Waals surface area contributed by atoms with Gasteiger partial charge in [-0.1, -0.05) is 20.8 Å². The van der Waals surface area contributed by atoms with Crippen molar-refractivity contribution in [3.8, 4) is 0 Å². The smallest absolute Gasteiger partial charge is 0.112 e. The maximum Gasteiger partial charge on any atom is 0.112 e. The van der Waals surface area contributed by atoms with E-state index in [4.69, 9.17) is 0 Å². The van der Waals surface area contributed by atoms with Crippen LogP contribution in [-0.2, 0) is 0 Å². The summed E-state index contributed by atoms with van der Waals surface area (Å²) in [5.41, 5.74) is 0. The SMILES string of the molecule is CC.CCC(F)CNC. The third-order valence-corrected chi connectivity index (χ3v) is 0.869. The van der Waals surface area contributed by atoms with E-state index in [9.17, 15) is 4.39 Å². The Hall–Kier alpha value is -0.110. The van der Waals surface area contributed by atoms with Gasteiger partial charge >= 0.3 is 0 Å². The van der Waals surface area contributed by atoms with Crippen LogP contribution in [0.2, 0.25) is 0 Å². The zero-order chi connectivity index (χ0) is 7.70. The lowest BCUT2D eigenvalue weighted by Gasteiger charge is -2.00. The molecule has 1 atom stereocenters. The summed E-state index contributed by atoms with van der Waals surface area (Å²) in [5.74, 6) is 0. The highest BCUT2D eigenvalue weighted by atomic mass is 19.1. The van der Waals surface area contributed by atoms with Gasteiger partial charge in [-0.05, 0) is 13.5 Å². The average Bonchev–Trinajstić information content (AvgIpc) is 1.93. The van der Waals surface area contributed by atoms with Crippen LogP contribution in [0.25, 0.3) is 0 Å². The Morgan fingerprint density at radius 1 is 1.44 bits per heavy atom. The van der Waals surface area contributed by atoms with Gasteiger partial charge in [-0.25, -0.2) is 4.39 Å². The molecule has 0 bridgehead atoms. The summed E-state index contributed by atoms with van der Waals surface area (Å²) in [7, 11) is 1.75. The van der Waals surface area contributed by atoms with Gasteiger partial charge < -0.3 is 5.32 Å². The van der Waals surface area contributed by atoms with Crippen LogP contribution >= 0.6 is 0 Å². The number of halogens is 1. The van der Waals surface area contributed by atoms with Gasteiger partial charge in [-0.15, -0.1) is 0 Å². The molecule has 1 nitrogen and oxygen atoms in total. The first kappa shape index (κ1) is 11.7. The first-order chi connectivity index (χ1) is 4.31. The van der Waals surface area contributed by atoms with Crippen LogP contribution in [0, 0.1) is 0 Å². The van der Waals surface area contributed by atoms with Gasteiger partial charge in [-0.3, -0.25) is 0 Å². The number of rotatable bonds is 3. The van der Waals surface area contributed by atoms with Crippen molar-refractivity contribution < 1.29 is 4.39 Å². The van der Waals surface area contributed by atoms with Crippen molar-refractivity contribution in [3.05, 3.63) is 0 Å². The number of alkyl halides is 1. The Morgan fingerprint density at radius 2 is 1.89 bits per heavy atom. The van der Waals surface area contributed by atoms with E-state index in [1.165, 1.54) is 0 Å². The number of hydrogen-bond donors (Lipinski definition) is 1. The third kappa shape index (κ3) is 11.4. The fourth-order valence-electron chi connectivity index (χ4n) is 0.366. The van der Waals surface area contributed by atoms with Crippen molar-refractivity contribution >= 4 is 0 Å². The maximum absolute atomic E-state index is 12.1. The van der Waals surface area contributed by atoms with Crippen LogP contribution in [0.1, 0.15) is 27.2 Å². The molecule has 0 aromatic carbocycles. The minimum atomic E-state index is -0.662. The molecular formula is C7H18FN. The molecule has 1 N–H and O–H groups in total. The Labute approximate surface area is 57.7 Å². The molecule has 9 heavy (non-hydrogen) atoms. The van der Waals surface area contributed by atoms with E-state index in [1.54, 1.807) is 7.05 Å². The van der Waals surface area contributed by atoms with Crippen LogP contribution in [0.3, 0.4) is 0 Å². The van der Waals surface area contributed by atoms with Crippen molar-refractivity contribution in [1.29, 1.82) is 0 Å². The second-order valence-electron chi connectivity index (χ2n) is 1.56. The first-order valence-electron chi connectivity index (χ1n) is 3.60. The Bertz CT molecular complexity index is 39.9. The summed E-state index contributed by atoms with van der Waals surface area (Å²) in [4.78, 5) is 0. The van der Waals surface area contributed by atoms with Crippen molar-refractivity contribution in [1.82, 2.24) is 5.32 Å². The van der Waals surface area contributed by atoms with Gasteiger partial charge in [-0.2, -0.15) is 0 Å². The third-order valence-electron chi connectivity index (χ3n) is 0.869. The predicted molar refractivity (Wildman–Crippen MR) is 40.5 cm³/mol. The first-order valence-corrected chi connectivity index (χ1v) is 3.60. The number of hydrogen-bond acceptors (Lipinski definition) is 1. The van der Waals surface area contributed by atoms with E-state index in [0.717, 1.165) is 0 Å². The lowest BCUT2D eigenvalue weighted by Crippen LogP contribution is -2.18. The molecule has 0 aliphatic rings. The molecule has 0 radical (unpaired) electrons. The van der Waals surface area contributed by atoms with E-state index < -0.39 is 6.17 Å². The summed E-state index contributed by atoms with van der Waals surface area (Å²) in [6.07, 6.45) is -0.0501. The molecule has 58 valence electrons. The Morgan fingerprint density at radius 3 is 2.00 bits per heavy atom. The second kappa shape index (κ2) is 10.8. The monoisotopic (exact) mass is 135 g/mol. The Kier molecular flexibility index (Phi) is 14.0. The molecule has 0 spiro atoms. The van der Waals surface area contributed by atoms with Crippen molar-refractivity contribution in [3.63, 3.8) is 0 Å². The quantitative estimate of drug-likeness (QED) is 0.624. The molecule has 0 heterocycles. The summed E-state index contributed by atoms with van der Waals surface area (Å²) >= 11 is 0. The van der Waals surface area contributed by atoms with E-state index in [2.05, 4.69) is 5.32 Å². The van der Waals surface area contributed by atoms with Crippen LogP contribution in [-0.4, -0.2) is 19.8 Å². The lowest BCUT2D eigenvalue weighted by molar-refractivity contribution is 0.317. The molecule has 0 aromatic heterocycles. The van der Waals surface area contributed by atoms with Crippen LogP contribution in [0.5, 0.6) is 0 Å². The maximum atomic E-state index is 12.1. The van der Waals surface area contributed by atoms with Gasteiger partial charge in [0.2, 0.25) is 0 Å². The van der Waals surface area contributed by atoms with Crippen LogP contribution < -0.4 is 5.32 Å². The zero-order valence-electron chi connectivity index (χ0n) is 6.87. The summed E-state index contributed by atoms with van der Waals surface area (Å²) in [6.45, 7) is 6.32. The highest BCUT2D eigenvalue weighted by Gasteiger charge is 1.97. The second-order valence-corrected chi connectivity index (χ2v) is 1.56. The molecule has 0 aliphatic carbocycles. The molecule has 0 aliphatic heterocycles. The topological polar surface area (TPSA) is 12.0 Å². The van der Waals surface area contributed by atoms with Gasteiger partial charge in [0.15, 0.2) is 0 Å². The molecule has 0 aromatic rings. The van der Waals surface area contributed by atoms with Crippen molar-refractivity contribution in [2.24, 2.45) is 0 Å². The van der Waals surface area contributed by atoms with E-state index in [-0.39, 0.29) is 0 Å². The normalized spacial score (nSPS) is 11.7. The summed E-state index contributed by atoms with van der Waals surface area (Å²) in [6, 6.07) is 0. The number of nitrogens with one attached hydrogen (secondary N) is 1. The Balaban J connectivity index is 0. The average molecular weight is 135 g/mol. The van der Waals surface area contributed by atoms with E-state index in [0.29, 0.717) is 13.0 Å². The predicted octanol–water partition coefficient (Wildman–Crippen LogP) is 1.98. The minimum absolute atomic E-state index is 0.483. The molecular weight excluding hydrogens is 117 g/mol. The van der Waals surface area contributed by atoms with Crippen LogP contribution in [0.15, 0.2) is 0 Å².